The van der Waals surface area contributed by atoms with E-state index in [0.717, 1.165) is 6.42 Å². The van der Waals surface area contributed by atoms with Crippen molar-refractivity contribution < 1.29 is 19.2 Å². The van der Waals surface area contributed by atoms with Gasteiger partial charge in [-0.3, -0.25) is 19.2 Å². The number of carbonyl (C=O) groups is 4. The summed E-state index contributed by atoms with van der Waals surface area (Å²) in [6, 6.07) is -2.04. The van der Waals surface area contributed by atoms with Gasteiger partial charge in [0, 0.05) is 13.5 Å². The van der Waals surface area contributed by atoms with Crippen molar-refractivity contribution in [2.45, 2.75) is 96.7 Å². The topological polar surface area (TPSA) is 122 Å². The van der Waals surface area contributed by atoms with E-state index < -0.39 is 24.0 Å². The van der Waals surface area contributed by atoms with Crippen LogP contribution in [0.15, 0.2) is 0 Å². The van der Waals surface area contributed by atoms with Gasteiger partial charge < -0.3 is 21.3 Å². The van der Waals surface area contributed by atoms with Crippen molar-refractivity contribution in [1.82, 2.24) is 15.5 Å². The molecule has 4 amide bonds. The van der Waals surface area contributed by atoms with Crippen LogP contribution in [-0.2, 0) is 19.2 Å². The maximum atomic E-state index is 13.1. The number of nitrogens with two attached hydrogens (primary N) is 1. The largest absolute Gasteiger partial charge is 0.368 e. The predicted molar refractivity (Wildman–Crippen MR) is 114 cm³/mol. The van der Waals surface area contributed by atoms with Crippen molar-refractivity contribution >= 4 is 23.6 Å². The highest BCUT2D eigenvalue weighted by Gasteiger charge is 2.38. The highest BCUT2D eigenvalue weighted by molar-refractivity contribution is 5.94. The van der Waals surface area contributed by atoms with Crippen LogP contribution in [-0.4, -0.2) is 53.2 Å². The SMILES string of the molecule is CC(=O)N[C@@H](CCC1CCCCC1)C(=O)N[C@H](C(=O)N1CCC[C@H]1C(N)=O)C(C)C. The van der Waals surface area contributed by atoms with E-state index in [9.17, 15) is 19.2 Å². The van der Waals surface area contributed by atoms with Crippen molar-refractivity contribution in [3.05, 3.63) is 0 Å². The second-order valence-corrected chi connectivity index (χ2v) is 9.16. The predicted octanol–water partition coefficient (Wildman–Crippen LogP) is 1.47. The minimum absolute atomic E-state index is 0.160. The zero-order valence-corrected chi connectivity index (χ0v) is 18.6. The van der Waals surface area contributed by atoms with Crippen molar-refractivity contribution in [2.24, 2.45) is 17.6 Å². The van der Waals surface area contributed by atoms with Gasteiger partial charge >= 0.3 is 0 Å². The number of amides is 4. The molecule has 0 aromatic rings. The molecule has 0 bridgehead atoms. The number of hydrogen-bond donors (Lipinski definition) is 3. The van der Waals surface area contributed by atoms with Gasteiger partial charge in [0.05, 0.1) is 0 Å². The van der Waals surface area contributed by atoms with E-state index in [-0.39, 0.29) is 23.6 Å². The first-order chi connectivity index (χ1) is 14.2. The molecular weight excluding hydrogens is 384 g/mol. The number of carbonyl (C=O) groups excluding carboxylic acids is 4. The van der Waals surface area contributed by atoms with Crippen molar-refractivity contribution in [1.29, 1.82) is 0 Å². The minimum Gasteiger partial charge on any atom is -0.368 e. The van der Waals surface area contributed by atoms with Crippen LogP contribution in [0.25, 0.3) is 0 Å². The molecule has 8 nitrogen and oxygen atoms in total. The Balaban J connectivity index is 2.04. The Morgan fingerprint density at radius 3 is 2.23 bits per heavy atom. The molecule has 170 valence electrons. The molecule has 1 saturated carbocycles. The maximum absolute atomic E-state index is 13.1. The summed E-state index contributed by atoms with van der Waals surface area (Å²) in [4.78, 5) is 51.0. The van der Waals surface area contributed by atoms with Crippen LogP contribution in [0, 0.1) is 11.8 Å². The molecule has 0 unspecified atom stereocenters. The first-order valence-corrected chi connectivity index (χ1v) is 11.4. The number of nitrogens with zero attached hydrogens (tertiary/aromatic N) is 1. The molecule has 1 heterocycles. The summed E-state index contributed by atoms with van der Waals surface area (Å²) in [5.41, 5.74) is 5.45. The van der Waals surface area contributed by atoms with Crippen LogP contribution >= 0.6 is 0 Å². The third-order valence-corrected chi connectivity index (χ3v) is 6.38. The Hall–Kier alpha value is -2.12. The summed E-state index contributed by atoms with van der Waals surface area (Å²) in [5, 5.41) is 5.60. The van der Waals surface area contributed by atoms with Gasteiger partial charge in [-0.15, -0.1) is 0 Å². The second-order valence-electron chi connectivity index (χ2n) is 9.16. The fourth-order valence-corrected chi connectivity index (χ4v) is 4.66. The lowest BCUT2D eigenvalue weighted by Crippen LogP contribution is -2.57. The molecule has 0 aromatic heterocycles. The van der Waals surface area contributed by atoms with E-state index >= 15 is 0 Å². The monoisotopic (exact) mass is 422 g/mol. The Kier molecular flexibility index (Phi) is 9.11. The van der Waals surface area contributed by atoms with Gasteiger partial charge in [0.25, 0.3) is 0 Å². The van der Waals surface area contributed by atoms with E-state index in [1.54, 1.807) is 0 Å². The first kappa shape index (κ1) is 24.2. The van der Waals surface area contributed by atoms with E-state index in [1.165, 1.54) is 43.9 Å². The molecule has 30 heavy (non-hydrogen) atoms. The lowest BCUT2D eigenvalue weighted by molar-refractivity contribution is -0.142. The molecule has 2 aliphatic rings. The van der Waals surface area contributed by atoms with Crippen LogP contribution in [0.1, 0.15) is 78.6 Å². The lowest BCUT2D eigenvalue weighted by Gasteiger charge is -2.31. The van der Waals surface area contributed by atoms with Crippen LogP contribution in [0.3, 0.4) is 0 Å². The zero-order chi connectivity index (χ0) is 22.3. The highest BCUT2D eigenvalue weighted by atomic mass is 16.2. The van der Waals surface area contributed by atoms with Gasteiger partial charge in [0.2, 0.25) is 23.6 Å². The quantitative estimate of drug-likeness (QED) is 0.521. The average Bonchev–Trinajstić information content (AvgIpc) is 3.19. The summed E-state index contributed by atoms with van der Waals surface area (Å²) in [7, 11) is 0. The summed E-state index contributed by atoms with van der Waals surface area (Å²) in [6.07, 6.45) is 8.77. The van der Waals surface area contributed by atoms with Crippen molar-refractivity contribution in [3.8, 4) is 0 Å². The molecule has 0 spiro atoms. The first-order valence-electron chi connectivity index (χ1n) is 11.4. The van der Waals surface area contributed by atoms with Gasteiger partial charge in [0.15, 0.2) is 0 Å². The molecule has 8 heteroatoms. The summed E-state index contributed by atoms with van der Waals surface area (Å²) in [5.74, 6) is -0.979. The van der Waals surface area contributed by atoms with E-state index in [2.05, 4.69) is 10.6 Å². The molecule has 2 fully saturated rings. The fraction of sp³-hybridized carbons (Fsp3) is 0.818. The molecule has 1 aliphatic heterocycles. The number of hydrogen-bond acceptors (Lipinski definition) is 4. The summed E-state index contributed by atoms with van der Waals surface area (Å²) in [6.45, 7) is 5.57. The molecule has 4 N–H and O–H groups in total. The molecule has 2 rings (SSSR count). The Bertz CT molecular complexity index is 631. The smallest absolute Gasteiger partial charge is 0.246 e. The Labute approximate surface area is 179 Å². The minimum atomic E-state index is -0.761. The van der Waals surface area contributed by atoms with E-state index in [0.29, 0.717) is 31.7 Å². The van der Waals surface area contributed by atoms with Crippen LogP contribution in [0.5, 0.6) is 0 Å². The number of primary amides is 1. The molecule has 1 saturated heterocycles. The molecule has 0 radical (unpaired) electrons. The van der Waals surface area contributed by atoms with Crippen LogP contribution in [0.4, 0.5) is 0 Å². The van der Waals surface area contributed by atoms with Crippen molar-refractivity contribution in [2.75, 3.05) is 6.54 Å². The zero-order valence-electron chi connectivity index (χ0n) is 18.6. The molecule has 3 atom stereocenters. The number of likely N-dealkylation sites (tertiary alicyclic amines) is 1. The maximum Gasteiger partial charge on any atom is 0.246 e. The Morgan fingerprint density at radius 2 is 1.67 bits per heavy atom. The van der Waals surface area contributed by atoms with Crippen LogP contribution in [0.2, 0.25) is 0 Å². The lowest BCUT2D eigenvalue weighted by atomic mass is 9.85. The molecular formula is C22H38N4O4. The van der Waals surface area contributed by atoms with Crippen LogP contribution < -0.4 is 16.4 Å². The van der Waals surface area contributed by atoms with E-state index in [1.807, 2.05) is 13.8 Å². The van der Waals surface area contributed by atoms with Gasteiger partial charge in [-0.1, -0.05) is 46.0 Å². The fourth-order valence-electron chi connectivity index (χ4n) is 4.66. The van der Waals surface area contributed by atoms with E-state index in [4.69, 9.17) is 5.73 Å². The van der Waals surface area contributed by atoms with Gasteiger partial charge in [-0.25, -0.2) is 0 Å². The van der Waals surface area contributed by atoms with Gasteiger partial charge in [-0.05, 0) is 37.5 Å². The van der Waals surface area contributed by atoms with Gasteiger partial charge in [0.1, 0.15) is 18.1 Å². The normalized spacial score (nSPS) is 21.9. The average molecular weight is 423 g/mol. The van der Waals surface area contributed by atoms with Crippen molar-refractivity contribution in [3.63, 3.8) is 0 Å². The molecule has 1 aliphatic carbocycles. The third kappa shape index (κ3) is 6.71. The highest BCUT2D eigenvalue weighted by Crippen LogP contribution is 2.28. The molecule has 0 aromatic carbocycles. The Morgan fingerprint density at radius 1 is 1.00 bits per heavy atom. The standard InChI is InChI=1S/C22H38N4O4/c1-14(2)19(22(30)26-13-7-10-18(26)20(23)28)25-21(29)17(24-15(3)27)12-11-16-8-5-4-6-9-16/h14,16-19H,4-13H2,1-3H3,(H2,23,28)(H,24,27)(H,25,29)/t17-,18-,19-/m0/s1. The summed E-state index contributed by atoms with van der Waals surface area (Å²) >= 11 is 0. The second kappa shape index (κ2) is 11.3. The number of rotatable bonds is 9. The third-order valence-electron chi connectivity index (χ3n) is 6.38. The van der Waals surface area contributed by atoms with Gasteiger partial charge in [-0.2, -0.15) is 0 Å². The number of nitrogens with one attached hydrogen (secondary N) is 2. The summed E-state index contributed by atoms with van der Waals surface area (Å²) < 4.78 is 0.